The lowest BCUT2D eigenvalue weighted by Gasteiger charge is -2.15. The van der Waals surface area contributed by atoms with E-state index < -0.39 is 0 Å². The highest BCUT2D eigenvalue weighted by Gasteiger charge is 2.09. The minimum Gasteiger partial charge on any atom is -0.316 e. The minimum atomic E-state index is 0.572. The maximum Gasteiger partial charge on any atom is 0.0794 e. The van der Waals surface area contributed by atoms with E-state index in [0.29, 0.717) is 11.3 Å². The first-order valence-electron chi connectivity index (χ1n) is 4.88. The summed E-state index contributed by atoms with van der Waals surface area (Å²) in [7, 11) is 2.03. The highest BCUT2D eigenvalue weighted by atomic mass is 32.2. The number of hydrogen-bond acceptors (Lipinski definition) is 4. The molecule has 0 amide bonds. The SMILES string of the molecule is CNC(CSC(C)C)Cc1cncs1. The fourth-order valence-corrected chi connectivity index (χ4v) is 2.72. The standard InChI is InChI=1S/C10H18N2S2/c1-8(2)13-6-9(11-3)4-10-5-12-7-14-10/h5,7-9,11H,4,6H2,1-3H3. The van der Waals surface area contributed by atoms with Gasteiger partial charge in [-0.2, -0.15) is 11.8 Å². The number of thioether (sulfide) groups is 1. The summed E-state index contributed by atoms with van der Waals surface area (Å²) >= 11 is 3.75. The summed E-state index contributed by atoms with van der Waals surface area (Å²) in [5.74, 6) is 1.17. The number of aromatic nitrogens is 1. The molecule has 0 saturated heterocycles. The van der Waals surface area contributed by atoms with Crippen LogP contribution in [-0.2, 0) is 6.42 Å². The molecule has 1 unspecified atom stereocenters. The molecule has 2 nitrogen and oxygen atoms in total. The lowest BCUT2D eigenvalue weighted by molar-refractivity contribution is 0.620. The molecule has 0 spiro atoms. The molecule has 1 heterocycles. The van der Waals surface area contributed by atoms with E-state index in [2.05, 4.69) is 24.1 Å². The molecule has 0 radical (unpaired) electrons. The average molecular weight is 230 g/mol. The van der Waals surface area contributed by atoms with Crippen molar-refractivity contribution < 1.29 is 0 Å². The van der Waals surface area contributed by atoms with Gasteiger partial charge in [-0.15, -0.1) is 11.3 Å². The summed E-state index contributed by atoms with van der Waals surface area (Å²) in [4.78, 5) is 5.46. The molecule has 1 N–H and O–H groups in total. The molecular weight excluding hydrogens is 212 g/mol. The summed E-state index contributed by atoms with van der Waals surface area (Å²) in [6.07, 6.45) is 3.07. The van der Waals surface area contributed by atoms with Gasteiger partial charge in [0.1, 0.15) is 0 Å². The van der Waals surface area contributed by atoms with Crippen LogP contribution in [0.2, 0.25) is 0 Å². The molecular formula is C10H18N2S2. The third-order valence-electron chi connectivity index (χ3n) is 1.97. The first kappa shape index (κ1) is 12.0. The zero-order valence-corrected chi connectivity index (χ0v) is 10.6. The predicted octanol–water partition coefficient (Wildman–Crippen LogP) is 2.42. The van der Waals surface area contributed by atoms with Crippen molar-refractivity contribution in [2.24, 2.45) is 0 Å². The number of rotatable bonds is 6. The van der Waals surface area contributed by atoms with Crippen LogP contribution in [0.5, 0.6) is 0 Å². The maximum absolute atomic E-state index is 4.09. The van der Waals surface area contributed by atoms with Crippen molar-refractivity contribution in [2.45, 2.75) is 31.6 Å². The lowest BCUT2D eigenvalue weighted by Crippen LogP contribution is -2.30. The highest BCUT2D eigenvalue weighted by Crippen LogP contribution is 2.15. The molecule has 0 fully saturated rings. The Labute approximate surface area is 94.5 Å². The Kier molecular flexibility index (Phi) is 5.52. The van der Waals surface area contributed by atoms with Crippen LogP contribution in [0.15, 0.2) is 11.7 Å². The third kappa shape index (κ3) is 4.44. The Morgan fingerprint density at radius 3 is 2.86 bits per heavy atom. The summed E-state index contributed by atoms with van der Waals surface area (Å²) in [5, 5.41) is 4.07. The van der Waals surface area contributed by atoms with Crippen molar-refractivity contribution in [3.05, 3.63) is 16.6 Å². The molecule has 0 saturated carbocycles. The zero-order valence-electron chi connectivity index (χ0n) is 8.99. The molecule has 1 aromatic rings. The Balaban J connectivity index is 2.32. The van der Waals surface area contributed by atoms with Crippen LogP contribution in [-0.4, -0.2) is 29.1 Å². The van der Waals surface area contributed by atoms with E-state index in [-0.39, 0.29) is 0 Å². The van der Waals surface area contributed by atoms with Gasteiger partial charge in [0.15, 0.2) is 0 Å². The largest absolute Gasteiger partial charge is 0.316 e. The Morgan fingerprint density at radius 1 is 1.57 bits per heavy atom. The predicted molar refractivity (Wildman–Crippen MR) is 66.3 cm³/mol. The van der Waals surface area contributed by atoms with Gasteiger partial charge in [0.05, 0.1) is 5.51 Å². The van der Waals surface area contributed by atoms with Gasteiger partial charge in [0.2, 0.25) is 0 Å². The van der Waals surface area contributed by atoms with E-state index in [9.17, 15) is 0 Å². The fourth-order valence-electron chi connectivity index (χ4n) is 1.14. The van der Waals surface area contributed by atoms with E-state index in [0.717, 1.165) is 6.42 Å². The molecule has 1 aromatic heterocycles. The normalized spacial score (nSPS) is 13.4. The Hall–Kier alpha value is -0.0600. The van der Waals surface area contributed by atoms with Crippen molar-refractivity contribution in [1.82, 2.24) is 10.3 Å². The van der Waals surface area contributed by atoms with Gasteiger partial charge in [-0.3, -0.25) is 4.98 Å². The maximum atomic E-state index is 4.09. The third-order valence-corrected chi connectivity index (χ3v) is 4.03. The molecule has 14 heavy (non-hydrogen) atoms. The molecule has 0 aliphatic heterocycles. The number of thiazole rings is 1. The van der Waals surface area contributed by atoms with Gasteiger partial charge in [0.25, 0.3) is 0 Å². The number of hydrogen-bond donors (Lipinski definition) is 1. The quantitative estimate of drug-likeness (QED) is 0.812. The van der Waals surface area contributed by atoms with Crippen molar-refractivity contribution in [1.29, 1.82) is 0 Å². The zero-order chi connectivity index (χ0) is 10.4. The van der Waals surface area contributed by atoms with Crippen LogP contribution in [0.4, 0.5) is 0 Å². The topological polar surface area (TPSA) is 24.9 Å². The van der Waals surface area contributed by atoms with Crippen LogP contribution in [0.25, 0.3) is 0 Å². The Morgan fingerprint density at radius 2 is 2.36 bits per heavy atom. The summed E-state index contributed by atoms with van der Waals surface area (Å²) in [6, 6.07) is 0.572. The molecule has 1 rings (SSSR count). The van der Waals surface area contributed by atoms with Gasteiger partial charge in [-0.25, -0.2) is 0 Å². The number of nitrogens with zero attached hydrogens (tertiary/aromatic N) is 1. The van der Waals surface area contributed by atoms with E-state index in [1.54, 1.807) is 11.3 Å². The van der Waals surface area contributed by atoms with Gasteiger partial charge in [0, 0.05) is 22.9 Å². The number of likely N-dealkylation sites (N-methyl/N-ethyl adjacent to an activating group) is 1. The van der Waals surface area contributed by atoms with Gasteiger partial charge in [-0.05, 0) is 18.7 Å². The summed E-state index contributed by atoms with van der Waals surface area (Å²) in [5.41, 5.74) is 1.90. The first-order valence-corrected chi connectivity index (χ1v) is 6.81. The fraction of sp³-hybridized carbons (Fsp3) is 0.700. The van der Waals surface area contributed by atoms with E-state index in [4.69, 9.17) is 0 Å². The lowest BCUT2D eigenvalue weighted by atomic mass is 10.2. The molecule has 4 heteroatoms. The second-order valence-corrected chi connectivity index (χ2v) is 6.12. The molecule has 0 aliphatic carbocycles. The summed E-state index contributed by atoms with van der Waals surface area (Å²) in [6.45, 7) is 4.48. The smallest absolute Gasteiger partial charge is 0.0794 e. The highest BCUT2D eigenvalue weighted by molar-refractivity contribution is 7.99. The van der Waals surface area contributed by atoms with Crippen LogP contribution in [0, 0.1) is 0 Å². The van der Waals surface area contributed by atoms with Crippen molar-refractivity contribution in [3.8, 4) is 0 Å². The van der Waals surface area contributed by atoms with Crippen LogP contribution in [0.1, 0.15) is 18.7 Å². The first-order chi connectivity index (χ1) is 6.72. The van der Waals surface area contributed by atoms with Crippen LogP contribution < -0.4 is 5.32 Å². The van der Waals surface area contributed by atoms with E-state index in [1.807, 2.05) is 30.5 Å². The molecule has 0 aliphatic rings. The van der Waals surface area contributed by atoms with Gasteiger partial charge < -0.3 is 5.32 Å². The van der Waals surface area contributed by atoms with Crippen molar-refractivity contribution >= 4 is 23.1 Å². The number of nitrogens with one attached hydrogen (secondary N) is 1. The molecule has 1 atom stereocenters. The average Bonchev–Trinajstić information content (AvgIpc) is 2.64. The molecule has 80 valence electrons. The van der Waals surface area contributed by atoms with Crippen LogP contribution in [0.3, 0.4) is 0 Å². The van der Waals surface area contributed by atoms with Gasteiger partial charge in [-0.1, -0.05) is 13.8 Å². The molecule has 0 bridgehead atoms. The van der Waals surface area contributed by atoms with E-state index >= 15 is 0 Å². The van der Waals surface area contributed by atoms with Crippen molar-refractivity contribution in [2.75, 3.05) is 12.8 Å². The second kappa shape index (κ2) is 6.43. The van der Waals surface area contributed by atoms with Crippen molar-refractivity contribution in [3.63, 3.8) is 0 Å². The minimum absolute atomic E-state index is 0.572. The monoisotopic (exact) mass is 230 g/mol. The van der Waals surface area contributed by atoms with E-state index in [1.165, 1.54) is 10.6 Å². The van der Waals surface area contributed by atoms with Gasteiger partial charge >= 0.3 is 0 Å². The summed E-state index contributed by atoms with van der Waals surface area (Å²) < 4.78 is 0. The van der Waals surface area contributed by atoms with Crippen LogP contribution >= 0.6 is 23.1 Å². The Bertz CT molecular complexity index is 234. The second-order valence-electron chi connectivity index (χ2n) is 3.54. The molecule has 0 aromatic carbocycles.